The number of hydrogen-bond donors (Lipinski definition) is 0. The van der Waals surface area contributed by atoms with Gasteiger partial charge in [-0.15, -0.1) is 0 Å². The van der Waals surface area contributed by atoms with Gasteiger partial charge in [-0.2, -0.15) is 0 Å². The molecule has 0 saturated carbocycles. The summed E-state index contributed by atoms with van der Waals surface area (Å²) in [6.45, 7) is 0. The Balaban J connectivity index is 2.23. The highest BCUT2D eigenvalue weighted by molar-refractivity contribution is 5.87. The van der Waals surface area contributed by atoms with Crippen molar-refractivity contribution >= 4 is 12.0 Å². The minimum Gasteiger partial charge on any atom is -0.466 e. The third kappa shape index (κ3) is 3.51. The van der Waals surface area contributed by atoms with Crippen LogP contribution in [-0.4, -0.2) is 13.1 Å². The molecule has 2 rings (SSSR count). The summed E-state index contributed by atoms with van der Waals surface area (Å²) in [6.07, 6.45) is 2.90. The van der Waals surface area contributed by atoms with Crippen LogP contribution in [0.5, 0.6) is 0 Å². The first-order valence-electron chi connectivity index (χ1n) is 5.91. The van der Waals surface area contributed by atoms with E-state index in [-0.39, 0.29) is 0 Å². The molecule has 0 spiro atoms. The maximum atomic E-state index is 13.1. The van der Waals surface area contributed by atoms with Gasteiger partial charge in [0, 0.05) is 12.1 Å². The fraction of sp³-hybridized carbons (Fsp3) is 0.0625. The smallest absolute Gasteiger partial charge is 0.330 e. The van der Waals surface area contributed by atoms with Gasteiger partial charge >= 0.3 is 5.97 Å². The number of methoxy groups -OCH3 is 1. The first-order chi connectivity index (χ1) is 9.58. The number of hydrogen-bond acceptors (Lipinski definition) is 2. The molecule has 4 heteroatoms. The molecule has 0 bridgehead atoms. The minimum absolute atomic E-state index is 0.443. The first-order valence-corrected chi connectivity index (χ1v) is 5.91. The third-order valence-electron chi connectivity index (χ3n) is 2.72. The first kappa shape index (κ1) is 13.9. The van der Waals surface area contributed by atoms with E-state index in [0.29, 0.717) is 11.1 Å². The van der Waals surface area contributed by atoms with Crippen LogP contribution in [0.4, 0.5) is 8.78 Å². The Morgan fingerprint density at radius 3 is 2.15 bits per heavy atom. The van der Waals surface area contributed by atoms with E-state index in [9.17, 15) is 13.6 Å². The normalized spacial score (nSPS) is 10.8. The van der Waals surface area contributed by atoms with Crippen LogP contribution in [0.25, 0.3) is 17.2 Å². The third-order valence-corrected chi connectivity index (χ3v) is 2.72. The van der Waals surface area contributed by atoms with Gasteiger partial charge in [-0.25, -0.2) is 13.6 Å². The van der Waals surface area contributed by atoms with Crippen molar-refractivity contribution in [1.82, 2.24) is 0 Å². The lowest BCUT2D eigenvalue weighted by Crippen LogP contribution is -1.93. The van der Waals surface area contributed by atoms with E-state index in [1.54, 1.807) is 30.3 Å². The second kappa shape index (κ2) is 6.10. The molecule has 2 nitrogen and oxygen atoms in total. The molecule has 102 valence electrons. The summed E-state index contributed by atoms with van der Waals surface area (Å²) < 4.78 is 30.8. The maximum absolute atomic E-state index is 13.1. The molecule has 20 heavy (non-hydrogen) atoms. The van der Waals surface area contributed by atoms with E-state index in [1.165, 1.54) is 25.3 Å². The van der Waals surface area contributed by atoms with Crippen LogP contribution < -0.4 is 0 Å². The number of carbonyl (C=O) groups is 1. The van der Waals surface area contributed by atoms with Crippen LogP contribution >= 0.6 is 0 Å². The monoisotopic (exact) mass is 274 g/mol. The lowest BCUT2D eigenvalue weighted by molar-refractivity contribution is -0.134. The van der Waals surface area contributed by atoms with Crippen LogP contribution in [0.3, 0.4) is 0 Å². The van der Waals surface area contributed by atoms with Crippen molar-refractivity contribution in [2.45, 2.75) is 0 Å². The molecule has 2 aromatic rings. The van der Waals surface area contributed by atoms with Crippen molar-refractivity contribution in [3.8, 4) is 11.1 Å². The van der Waals surface area contributed by atoms with Crippen LogP contribution in [0, 0.1) is 11.6 Å². The second-order valence-electron chi connectivity index (χ2n) is 4.14. The number of esters is 1. The Morgan fingerprint density at radius 1 is 1.00 bits per heavy atom. The highest BCUT2D eigenvalue weighted by Gasteiger charge is 2.03. The second-order valence-corrected chi connectivity index (χ2v) is 4.14. The largest absolute Gasteiger partial charge is 0.466 e. The molecule has 0 unspecified atom stereocenters. The molecule has 0 radical (unpaired) electrons. The molecule has 0 aliphatic heterocycles. The van der Waals surface area contributed by atoms with E-state index in [4.69, 9.17) is 0 Å². The summed E-state index contributed by atoms with van der Waals surface area (Å²) in [5, 5.41) is 0. The molecular formula is C16H12F2O2. The predicted octanol–water partition coefficient (Wildman–Crippen LogP) is 3.82. The molecule has 2 aromatic carbocycles. The van der Waals surface area contributed by atoms with E-state index in [0.717, 1.165) is 11.6 Å². The highest BCUT2D eigenvalue weighted by atomic mass is 19.1. The standard InChI is InChI=1S/C16H12F2O2/c1-20-16(19)7-4-11-2-5-12(6-3-11)13-8-14(17)10-15(18)9-13/h2-10H,1H3. The number of carbonyl (C=O) groups excluding carboxylic acids is 1. The molecular weight excluding hydrogens is 262 g/mol. The summed E-state index contributed by atoms with van der Waals surface area (Å²) in [5.74, 6) is -1.68. The zero-order valence-corrected chi connectivity index (χ0v) is 10.8. The maximum Gasteiger partial charge on any atom is 0.330 e. The van der Waals surface area contributed by atoms with E-state index in [1.807, 2.05) is 0 Å². The number of ether oxygens (including phenoxy) is 1. The van der Waals surface area contributed by atoms with Gasteiger partial charge in [-0.05, 0) is 34.9 Å². The van der Waals surface area contributed by atoms with Gasteiger partial charge in [0.1, 0.15) is 11.6 Å². The van der Waals surface area contributed by atoms with Gasteiger partial charge in [-0.3, -0.25) is 0 Å². The highest BCUT2D eigenvalue weighted by Crippen LogP contribution is 2.22. The summed E-state index contributed by atoms with van der Waals surface area (Å²) in [7, 11) is 1.30. The summed E-state index contributed by atoms with van der Waals surface area (Å²) in [6, 6.07) is 10.3. The van der Waals surface area contributed by atoms with Gasteiger partial charge in [0.25, 0.3) is 0 Å². The van der Waals surface area contributed by atoms with Crippen molar-refractivity contribution in [3.63, 3.8) is 0 Å². The van der Waals surface area contributed by atoms with Gasteiger partial charge in [0.2, 0.25) is 0 Å². The molecule has 0 fully saturated rings. The number of halogens is 2. The van der Waals surface area contributed by atoms with E-state index in [2.05, 4.69) is 4.74 Å². The van der Waals surface area contributed by atoms with Crippen molar-refractivity contribution in [2.24, 2.45) is 0 Å². The average Bonchev–Trinajstić information content (AvgIpc) is 2.44. The molecule has 0 N–H and O–H groups in total. The Bertz CT molecular complexity index is 626. The SMILES string of the molecule is COC(=O)C=Cc1ccc(-c2cc(F)cc(F)c2)cc1. The van der Waals surface area contributed by atoms with Gasteiger partial charge in [-0.1, -0.05) is 24.3 Å². The van der Waals surface area contributed by atoms with Crippen LogP contribution in [0.15, 0.2) is 48.5 Å². The zero-order chi connectivity index (χ0) is 14.5. The Hall–Kier alpha value is -2.49. The molecule has 0 heterocycles. The average molecular weight is 274 g/mol. The van der Waals surface area contributed by atoms with Crippen molar-refractivity contribution in [2.75, 3.05) is 7.11 Å². The molecule has 0 aliphatic rings. The van der Waals surface area contributed by atoms with Gasteiger partial charge in [0.15, 0.2) is 0 Å². The predicted molar refractivity (Wildman–Crippen MR) is 72.8 cm³/mol. The van der Waals surface area contributed by atoms with Crippen molar-refractivity contribution in [1.29, 1.82) is 0 Å². The van der Waals surface area contributed by atoms with Crippen LogP contribution in [-0.2, 0) is 9.53 Å². The molecule has 0 atom stereocenters. The zero-order valence-electron chi connectivity index (χ0n) is 10.8. The quantitative estimate of drug-likeness (QED) is 0.628. The lowest BCUT2D eigenvalue weighted by Gasteiger charge is -2.03. The fourth-order valence-electron chi connectivity index (χ4n) is 1.74. The lowest BCUT2D eigenvalue weighted by atomic mass is 10.0. The summed E-state index contributed by atoms with van der Waals surface area (Å²) in [5.41, 5.74) is 1.95. The fourth-order valence-corrected chi connectivity index (χ4v) is 1.74. The molecule has 0 aromatic heterocycles. The van der Waals surface area contributed by atoms with Gasteiger partial charge in [0.05, 0.1) is 7.11 Å². The van der Waals surface area contributed by atoms with Crippen LogP contribution in [0.2, 0.25) is 0 Å². The van der Waals surface area contributed by atoms with Crippen molar-refractivity contribution < 1.29 is 18.3 Å². The molecule has 0 aliphatic carbocycles. The topological polar surface area (TPSA) is 26.3 Å². The molecule has 0 amide bonds. The molecule has 0 saturated heterocycles. The Kier molecular flexibility index (Phi) is 4.25. The minimum atomic E-state index is -0.616. The Morgan fingerprint density at radius 2 is 1.60 bits per heavy atom. The van der Waals surface area contributed by atoms with Crippen LogP contribution in [0.1, 0.15) is 5.56 Å². The number of rotatable bonds is 3. The van der Waals surface area contributed by atoms with E-state index >= 15 is 0 Å². The van der Waals surface area contributed by atoms with Crippen molar-refractivity contribution in [3.05, 3.63) is 65.7 Å². The van der Waals surface area contributed by atoms with Gasteiger partial charge < -0.3 is 4.74 Å². The summed E-state index contributed by atoms with van der Waals surface area (Å²) in [4.78, 5) is 11.0. The Labute approximate surface area is 115 Å². The summed E-state index contributed by atoms with van der Waals surface area (Å²) >= 11 is 0. The number of benzene rings is 2. The van der Waals surface area contributed by atoms with E-state index < -0.39 is 17.6 Å².